The van der Waals surface area contributed by atoms with Crippen LogP contribution < -0.4 is 19.5 Å². The van der Waals surface area contributed by atoms with Crippen LogP contribution in [0.4, 0.5) is 10.8 Å². The van der Waals surface area contributed by atoms with E-state index in [1.54, 1.807) is 18.2 Å². The van der Waals surface area contributed by atoms with Crippen LogP contribution in [0.25, 0.3) is 6.08 Å². The molecule has 0 spiro atoms. The van der Waals surface area contributed by atoms with Crippen molar-refractivity contribution in [1.82, 2.24) is 10.2 Å². The van der Waals surface area contributed by atoms with Gasteiger partial charge in [0, 0.05) is 18.6 Å². The largest absolute Gasteiger partial charge is 0.493 e. The summed E-state index contributed by atoms with van der Waals surface area (Å²) in [7, 11) is 1.48. The van der Waals surface area contributed by atoms with Crippen LogP contribution in [0.5, 0.6) is 17.2 Å². The molecule has 0 aliphatic carbocycles. The van der Waals surface area contributed by atoms with Gasteiger partial charge in [0.05, 0.1) is 12.0 Å². The van der Waals surface area contributed by atoms with Crippen molar-refractivity contribution in [2.24, 2.45) is 0 Å². The molecule has 36 heavy (non-hydrogen) atoms. The second kappa shape index (κ2) is 12.8. The fraction of sp³-hybridized carbons (Fsp3) is 0.250. The minimum atomic E-state index is -0.584. The monoisotopic (exact) mass is 509 g/mol. The van der Waals surface area contributed by atoms with Crippen molar-refractivity contribution in [2.45, 2.75) is 19.8 Å². The van der Waals surface area contributed by atoms with Gasteiger partial charge in [-0.25, -0.2) is 0 Å². The Morgan fingerprint density at radius 1 is 1.17 bits per heavy atom. The molecule has 186 valence electrons. The normalized spacial score (nSPS) is 10.9. The highest BCUT2D eigenvalue weighted by Crippen LogP contribution is 2.29. The number of hydrogen-bond acceptors (Lipinski definition) is 10. The van der Waals surface area contributed by atoms with Gasteiger partial charge in [0.1, 0.15) is 35.6 Å². The van der Waals surface area contributed by atoms with E-state index in [0.717, 1.165) is 17.8 Å². The van der Waals surface area contributed by atoms with E-state index in [1.807, 2.05) is 13.0 Å². The Bertz CT molecular complexity index is 1280. The Labute approximate surface area is 211 Å². The minimum absolute atomic E-state index is 0.0178. The topological polar surface area (TPSA) is 150 Å². The smallest absolute Gasteiger partial charge is 0.269 e. The number of nitrogens with zero attached hydrogens (tertiary/aromatic N) is 4. The highest BCUT2D eigenvalue weighted by molar-refractivity contribution is 7.15. The number of ether oxygens (including phenoxy) is 3. The van der Waals surface area contributed by atoms with Crippen molar-refractivity contribution < 1.29 is 23.9 Å². The molecule has 0 unspecified atom stereocenters. The highest BCUT2D eigenvalue weighted by Gasteiger charge is 2.14. The number of non-ortho nitro benzene ring substituents is 1. The third-order valence-corrected chi connectivity index (χ3v) is 5.57. The summed E-state index contributed by atoms with van der Waals surface area (Å²) in [6.45, 7) is 2.42. The van der Waals surface area contributed by atoms with Crippen molar-refractivity contribution >= 4 is 34.1 Å². The first-order chi connectivity index (χ1) is 17.4. The number of nitro groups is 1. The Morgan fingerprint density at radius 3 is 2.58 bits per heavy atom. The summed E-state index contributed by atoms with van der Waals surface area (Å²) in [5.41, 5.74) is 0.447. The summed E-state index contributed by atoms with van der Waals surface area (Å²) >= 11 is 1.27. The number of hydrogen-bond donors (Lipinski definition) is 1. The number of nitrogens with one attached hydrogen (secondary N) is 1. The number of aromatic nitrogens is 2. The molecular weight excluding hydrogens is 486 g/mol. The number of rotatable bonds is 12. The van der Waals surface area contributed by atoms with Gasteiger partial charge in [0.25, 0.3) is 11.6 Å². The zero-order chi connectivity index (χ0) is 25.9. The minimum Gasteiger partial charge on any atom is -0.493 e. The molecular formula is C24H23N5O6S. The number of carbonyl (C=O) groups excluding carboxylic acids is 1. The van der Waals surface area contributed by atoms with E-state index >= 15 is 0 Å². The maximum atomic E-state index is 12.5. The summed E-state index contributed by atoms with van der Waals surface area (Å²) in [5, 5.41) is 31.9. The lowest BCUT2D eigenvalue weighted by Crippen LogP contribution is -2.13. The lowest BCUT2D eigenvalue weighted by Gasteiger charge is -2.12. The maximum Gasteiger partial charge on any atom is 0.269 e. The molecule has 0 aliphatic heterocycles. The molecule has 1 amide bonds. The molecule has 12 heteroatoms. The Balaban J connectivity index is 1.59. The Hall–Kier alpha value is -4.50. The molecule has 0 saturated heterocycles. The van der Waals surface area contributed by atoms with Gasteiger partial charge in [-0.2, -0.15) is 5.26 Å². The lowest BCUT2D eigenvalue weighted by atomic mass is 10.1. The number of amides is 1. The van der Waals surface area contributed by atoms with Gasteiger partial charge in [-0.1, -0.05) is 24.3 Å². The number of methoxy groups -OCH3 is 1. The second-order valence-corrected chi connectivity index (χ2v) is 8.30. The van der Waals surface area contributed by atoms with Crippen LogP contribution >= 0.6 is 11.3 Å². The Kier molecular flexibility index (Phi) is 9.30. The van der Waals surface area contributed by atoms with Crippen molar-refractivity contribution in [3.8, 4) is 23.3 Å². The van der Waals surface area contributed by atoms with Crippen molar-refractivity contribution in [3.05, 3.63) is 68.7 Å². The molecule has 0 bridgehead atoms. The maximum absolute atomic E-state index is 12.5. The number of nitriles is 1. The molecule has 0 radical (unpaired) electrons. The molecule has 0 aliphatic rings. The standard InChI is InChI=1S/C24H23N5O6S/c1-3-4-22-27-28-24(36-22)26-23(30)17(15-25)13-16-5-10-20(21(14-16)33-2)35-12-11-34-19-8-6-18(7-9-19)29(31)32/h5-10,13-14H,3-4,11-12H2,1-2H3,(H,26,28,30). The summed E-state index contributed by atoms with van der Waals surface area (Å²) in [6, 6.07) is 12.6. The van der Waals surface area contributed by atoms with Crippen molar-refractivity contribution in [1.29, 1.82) is 5.26 Å². The molecule has 3 aromatic rings. The first-order valence-electron chi connectivity index (χ1n) is 10.9. The fourth-order valence-corrected chi connectivity index (χ4v) is 3.80. The van der Waals surface area contributed by atoms with Crippen molar-refractivity contribution in [2.75, 3.05) is 25.6 Å². The zero-order valence-corrected chi connectivity index (χ0v) is 20.4. The summed E-state index contributed by atoms with van der Waals surface area (Å²) in [5.74, 6) is 0.751. The van der Waals surface area contributed by atoms with E-state index in [-0.39, 0.29) is 24.5 Å². The number of carbonyl (C=O) groups is 1. The van der Waals surface area contributed by atoms with Gasteiger partial charge in [-0.3, -0.25) is 20.2 Å². The van der Waals surface area contributed by atoms with Gasteiger partial charge in [0.2, 0.25) is 5.13 Å². The van der Waals surface area contributed by atoms with E-state index in [9.17, 15) is 20.2 Å². The van der Waals surface area contributed by atoms with Crippen LogP contribution in [0, 0.1) is 21.4 Å². The Morgan fingerprint density at radius 2 is 1.92 bits per heavy atom. The third kappa shape index (κ3) is 7.25. The van der Waals surface area contributed by atoms with Gasteiger partial charge in [-0.15, -0.1) is 10.2 Å². The number of benzene rings is 2. The van der Waals surface area contributed by atoms with Crippen LogP contribution in [0.15, 0.2) is 48.0 Å². The SMILES string of the molecule is CCCc1nnc(NC(=O)C(C#N)=Cc2ccc(OCCOc3ccc([N+](=O)[O-])cc3)c(OC)c2)s1. The predicted octanol–water partition coefficient (Wildman–Crippen LogP) is 4.41. The zero-order valence-electron chi connectivity index (χ0n) is 19.6. The van der Waals surface area contributed by atoms with Gasteiger partial charge >= 0.3 is 0 Å². The molecule has 11 nitrogen and oxygen atoms in total. The van der Waals surface area contributed by atoms with Gasteiger partial charge < -0.3 is 14.2 Å². The average molecular weight is 510 g/mol. The lowest BCUT2D eigenvalue weighted by molar-refractivity contribution is -0.384. The number of aryl methyl sites for hydroxylation is 1. The fourth-order valence-electron chi connectivity index (χ4n) is 2.97. The molecule has 0 atom stereocenters. The average Bonchev–Trinajstić information content (AvgIpc) is 3.32. The van der Waals surface area contributed by atoms with E-state index in [0.29, 0.717) is 27.9 Å². The second-order valence-electron chi connectivity index (χ2n) is 7.23. The van der Waals surface area contributed by atoms with Crippen LogP contribution in [0.3, 0.4) is 0 Å². The first-order valence-corrected chi connectivity index (χ1v) is 11.7. The van der Waals surface area contributed by atoms with E-state index in [4.69, 9.17) is 14.2 Å². The molecule has 1 heterocycles. The molecule has 1 N–H and O–H groups in total. The third-order valence-electron chi connectivity index (χ3n) is 4.67. The first kappa shape index (κ1) is 26.1. The summed E-state index contributed by atoms with van der Waals surface area (Å²) < 4.78 is 16.6. The molecule has 2 aromatic carbocycles. The van der Waals surface area contributed by atoms with Gasteiger partial charge in [0.15, 0.2) is 11.5 Å². The molecule has 0 saturated carbocycles. The van der Waals surface area contributed by atoms with Crippen LogP contribution in [-0.2, 0) is 11.2 Å². The number of anilines is 1. The quantitative estimate of drug-likeness (QED) is 0.123. The van der Waals surface area contributed by atoms with E-state index in [1.165, 1.54) is 48.8 Å². The van der Waals surface area contributed by atoms with Gasteiger partial charge in [-0.05, 0) is 42.3 Å². The molecule has 3 rings (SSSR count). The van der Waals surface area contributed by atoms with E-state index in [2.05, 4.69) is 15.5 Å². The molecule has 1 aromatic heterocycles. The summed E-state index contributed by atoms with van der Waals surface area (Å²) in [4.78, 5) is 22.7. The highest BCUT2D eigenvalue weighted by atomic mass is 32.1. The molecule has 0 fully saturated rings. The van der Waals surface area contributed by atoms with Crippen LogP contribution in [-0.4, -0.2) is 41.4 Å². The summed E-state index contributed by atoms with van der Waals surface area (Å²) in [6.07, 6.45) is 3.12. The van der Waals surface area contributed by atoms with Crippen molar-refractivity contribution in [3.63, 3.8) is 0 Å². The predicted molar refractivity (Wildman–Crippen MR) is 133 cm³/mol. The number of nitro benzene ring substituents is 1. The van der Waals surface area contributed by atoms with Crippen LogP contribution in [0.2, 0.25) is 0 Å². The van der Waals surface area contributed by atoms with E-state index < -0.39 is 10.8 Å². The van der Waals surface area contributed by atoms with Crippen LogP contribution in [0.1, 0.15) is 23.9 Å².